The van der Waals surface area contributed by atoms with Crippen LogP contribution in [0.5, 0.6) is 0 Å². The second-order valence-corrected chi connectivity index (χ2v) is 6.35. The Labute approximate surface area is 151 Å². The Hall–Kier alpha value is -0.970. The number of carbonyl (C=O) groups excluding carboxylic acids is 1. The van der Waals surface area contributed by atoms with Crippen molar-refractivity contribution >= 4 is 36.4 Å². The Morgan fingerprint density at radius 3 is 2.61 bits per heavy atom. The number of likely N-dealkylation sites (tertiary alicyclic amines) is 1. The van der Waals surface area contributed by atoms with Crippen LogP contribution in [0, 0.1) is 6.92 Å². The Morgan fingerprint density at radius 2 is 1.91 bits per heavy atom. The number of nitrogen functional groups attached to an aromatic ring is 1. The molecule has 2 fully saturated rings. The van der Waals surface area contributed by atoms with E-state index in [0.717, 1.165) is 50.0 Å². The van der Waals surface area contributed by atoms with E-state index in [-0.39, 0.29) is 30.7 Å². The molecule has 2 N–H and O–H groups in total. The first kappa shape index (κ1) is 20.1. The standard InChI is InChI=1S/C17H25N3O.2ClH/c1-3-19-9-8-14-6-7-15(11-19)20(14)17(21)16-10-13(18)5-4-12(16)2;;/h4-5,10,14-15H,3,6-9,11,18H2,1-2H3;2*1H. The minimum Gasteiger partial charge on any atom is -0.399 e. The zero-order chi connectivity index (χ0) is 15.0. The number of hydrogen-bond donors (Lipinski definition) is 1. The molecule has 1 aromatic carbocycles. The van der Waals surface area contributed by atoms with Crippen LogP contribution >= 0.6 is 24.8 Å². The van der Waals surface area contributed by atoms with E-state index in [1.54, 1.807) is 0 Å². The molecule has 0 radical (unpaired) electrons. The predicted octanol–water partition coefficient (Wildman–Crippen LogP) is 3.12. The Balaban J connectivity index is 0.00000132. The van der Waals surface area contributed by atoms with Crippen molar-refractivity contribution in [3.05, 3.63) is 29.3 Å². The van der Waals surface area contributed by atoms with Gasteiger partial charge in [-0.3, -0.25) is 4.79 Å². The van der Waals surface area contributed by atoms with Crippen LogP contribution in [0.1, 0.15) is 42.1 Å². The van der Waals surface area contributed by atoms with Crippen molar-refractivity contribution < 1.29 is 4.79 Å². The first-order valence-electron chi connectivity index (χ1n) is 8.01. The van der Waals surface area contributed by atoms with Gasteiger partial charge in [0.2, 0.25) is 0 Å². The van der Waals surface area contributed by atoms with Gasteiger partial charge in [0.25, 0.3) is 5.91 Å². The van der Waals surface area contributed by atoms with Crippen molar-refractivity contribution in [1.29, 1.82) is 0 Å². The molecule has 1 aromatic rings. The van der Waals surface area contributed by atoms with Gasteiger partial charge in [-0.1, -0.05) is 13.0 Å². The number of aryl methyl sites for hydroxylation is 1. The summed E-state index contributed by atoms with van der Waals surface area (Å²) < 4.78 is 0. The molecule has 2 saturated heterocycles. The molecular formula is C17H27Cl2N3O. The summed E-state index contributed by atoms with van der Waals surface area (Å²) in [4.78, 5) is 17.7. The number of carbonyl (C=O) groups is 1. The summed E-state index contributed by atoms with van der Waals surface area (Å²) in [6, 6.07) is 6.41. The van der Waals surface area contributed by atoms with Gasteiger partial charge >= 0.3 is 0 Å². The number of halogens is 2. The van der Waals surface area contributed by atoms with Crippen LogP contribution in [-0.2, 0) is 0 Å². The molecule has 2 bridgehead atoms. The van der Waals surface area contributed by atoms with E-state index in [1.165, 1.54) is 0 Å². The van der Waals surface area contributed by atoms with Gasteiger partial charge in [0.1, 0.15) is 0 Å². The number of likely N-dealkylation sites (N-methyl/N-ethyl adjacent to an activating group) is 1. The van der Waals surface area contributed by atoms with Gasteiger partial charge in [-0.25, -0.2) is 0 Å². The summed E-state index contributed by atoms with van der Waals surface area (Å²) in [5.74, 6) is 0.172. The SMILES string of the molecule is CCN1CCC2CCC(C1)N2C(=O)c1cc(N)ccc1C.Cl.Cl. The molecule has 2 atom stereocenters. The molecule has 23 heavy (non-hydrogen) atoms. The maximum Gasteiger partial charge on any atom is 0.254 e. The zero-order valence-electron chi connectivity index (χ0n) is 13.8. The highest BCUT2D eigenvalue weighted by atomic mass is 35.5. The van der Waals surface area contributed by atoms with E-state index in [1.807, 2.05) is 25.1 Å². The lowest BCUT2D eigenvalue weighted by Crippen LogP contribution is -2.43. The van der Waals surface area contributed by atoms with Crippen LogP contribution < -0.4 is 5.73 Å². The highest BCUT2D eigenvalue weighted by Crippen LogP contribution is 2.32. The summed E-state index contributed by atoms with van der Waals surface area (Å²) in [5, 5.41) is 0. The molecule has 2 unspecified atom stereocenters. The van der Waals surface area contributed by atoms with Crippen LogP contribution in [0.2, 0.25) is 0 Å². The maximum atomic E-state index is 13.0. The Morgan fingerprint density at radius 1 is 1.22 bits per heavy atom. The number of anilines is 1. The lowest BCUT2D eigenvalue weighted by atomic mass is 10.1. The molecule has 0 saturated carbocycles. The fourth-order valence-corrected chi connectivity index (χ4v) is 3.77. The van der Waals surface area contributed by atoms with Gasteiger partial charge in [-0.05, 0) is 50.4 Å². The van der Waals surface area contributed by atoms with E-state index in [4.69, 9.17) is 5.73 Å². The van der Waals surface area contributed by atoms with E-state index in [2.05, 4.69) is 16.7 Å². The summed E-state index contributed by atoms with van der Waals surface area (Å²) >= 11 is 0. The molecule has 1 amide bonds. The molecule has 0 aliphatic carbocycles. The maximum absolute atomic E-state index is 13.0. The van der Waals surface area contributed by atoms with Crippen molar-refractivity contribution in [2.75, 3.05) is 25.4 Å². The number of fused-ring (bicyclic) bond motifs is 2. The first-order chi connectivity index (χ1) is 10.1. The van der Waals surface area contributed by atoms with Crippen molar-refractivity contribution in [3.8, 4) is 0 Å². The molecule has 130 valence electrons. The molecule has 2 heterocycles. The third-order valence-electron chi connectivity index (χ3n) is 5.04. The van der Waals surface area contributed by atoms with Crippen molar-refractivity contribution in [2.45, 2.75) is 45.2 Å². The Bertz CT molecular complexity index is 553. The molecule has 0 aromatic heterocycles. The number of benzene rings is 1. The van der Waals surface area contributed by atoms with Gasteiger partial charge in [-0.15, -0.1) is 24.8 Å². The summed E-state index contributed by atoms with van der Waals surface area (Å²) in [5.41, 5.74) is 8.34. The first-order valence-corrected chi connectivity index (χ1v) is 8.01. The molecule has 2 aliphatic rings. The fourth-order valence-electron chi connectivity index (χ4n) is 3.77. The average molecular weight is 360 g/mol. The van der Waals surface area contributed by atoms with E-state index in [0.29, 0.717) is 17.8 Å². The minimum absolute atomic E-state index is 0. The second-order valence-electron chi connectivity index (χ2n) is 6.35. The molecule has 0 spiro atoms. The highest BCUT2D eigenvalue weighted by Gasteiger charge is 2.40. The Kier molecular flexibility index (Phi) is 7.18. The van der Waals surface area contributed by atoms with E-state index < -0.39 is 0 Å². The van der Waals surface area contributed by atoms with Crippen molar-refractivity contribution in [3.63, 3.8) is 0 Å². The van der Waals surface area contributed by atoms with Gasteiger partial charge in [-0.2, -0.15) is 0 Å². The third kappa shape index (κ3) is 3.93. The predicted molar refractivity (Wildman–Crippen MR) is 99.8 cm³/mol. The van der Waals surface area contributed by atoms with E-state index >= 15 is 0 Å². The van der Waals surface area contributed by atoms with Crippen LogP contribution in [0.25, 0.3) is 0 Å². The molecule has 6 heteroatoms. The summed E-state index contributed by atoms with van der Waals surface area (Å²) in [6.07, 6.45) is 3.38. The largest absolute Gasteiger partial charge is 0.399 e. The summed E-state index contributed by atoms with van der Waals surface area (Å²) in [6.45, 7) is 7.39. The number of amides is 1. The molecule has 3 rings (SSSR count). The van der Waals surface area contributed by atoms with Crippen molar-refractivity contribution in [1.82, 2.24) is 9.80 Å². The zero-order valence-corrected chi connectivity index (χ0v) is 15.5. The summed E-state index contributed by atoms with van der Waals surface area (Å²) in [7, 11) is 0. The lowest BCUT2D eigenvalue weighted by molar-refractivity contribution is 0.0670. The monoisotopic (exact) mass is 359 g/mol. The van der Waals surface area contributed by atoms with Crippen molar-refractivity contribution in [2.24, 2.45) is 0 Å². The van der Waals surface area contributed by atoms with Crippen LogP contribution in [-0.4, -0.2) is 47.4 Å². The highest BCUT2D eigenvalue weighted by molar-refractivity contribution is 5.97. The fraction of sp³-hybridized carbons (Fsp3) is 0.588. The number of hydrogen-bond acceptors (Lipinski definition) is 3. The number of nitrogens with zero attached hydrogens (tertiary/aromatic N) is 2. The van der Waals surface area contributed by atoms with Gasteiger partial charge in [0, 0.05) is 36.4 Å². The number of rotatable bonds is 2. The van der Waals surface area contributed by atoms with Crippen LogP contribution in [0.3, 0.4) is 0 Å². The van der Waals surface area contributed by atoms with Gasteiger partial charge < -0.3 is 15.5 Å². The normalized spacial score (nSPS) is 23.7. The molecule has 2 aliphatic heterocycles. The topological polar surface area (TPSA) is 49.6 Å². The minimum atomic E-state index is 0. The average Bonchev–Trinajstić information content (AvgIpc) is 2.76. The lowest BCUT2D eigenvalue weighted by Gasteiger charge is -2.29. The van der Waals surface area contributed by atoms with E-state index in [9.17, 15) is 4.79 Å². The van der Waals surface area contributed by atoms with Gasteiger partial charge in [0.05, 0.1) is 0 Å². The van der Waals surface area contributed by atoms with Crippen LogP contribution in [0.4, 0.5) is 5.69 Å². The van der Waals surface area contributed by atoms with Crippen LogP contribution in [0.15, 0.2) is 18.2 Å². The molecular weight excluding hydrogens is 333 g/mol. The quantitative estimate of drug-likeness (QED) is 0.825. The number of nitrogens with two attached hydrogens (primary N) is 1. The smallest absolute Gasteiger partial charge is 0.254 e. The van der Waals surface area contributed by atoms with Gasteiger partial charge in [0.15, 0.2) is 0 Å². The second kappa shape index (κ2) is 8.22. The third-order valence-corrected chi connectivity index (χ3v) is 5.04. The molecule has 4 nitrogen and oxygen atoms in total.